The third-order valence-electron chi connectivity index (χ3n) is 1.78. The van der Waals surface area contributed by atoms with Crippen LogP contribution in [0, 0.1) is 0 Å². The molecule has 0 aliphatic carbocycles. The second-order valence-corrected chi connectivity index (χ2v) is 3.50. The van der Waals surface area contributed by atoms with Gasteiger partial charge < -0.3 is 25.4 Å². The van der Waals surface area contributed by atoms with E-state index in [9.17, 15) is 14.7 Å². The molecule has 3 unspecified atom stereocenters. The van der Waals surface area contributed by atoms with Gasteiger partial charge in [0.05, 0.1) is 6.61 Å². The summed E-state index contributed by atoms with van der Waals surface area (Å²) in [6, 6.07) is 0. The first-order valence-electron chi connectivity index (χ1n) is 5.03. The number of nitrogens with two attached hydrogens (primary N) is 2. The van der Waals surface area contributed by atoms with Gasteiger partial charge in [-0.05, 0) is 13.8 Å². The van der Waals surface area contributed by atoms with Gasteiger partial charge in [0.15, 0.2) is 6.10 Å². The zero-order valence-electron chi connectivity index (χ0n) is 9.75. The van der Waals surface area contributed by atoms with Crippen molar-refractivity contribution in [2.24, 2.45) is 11.5 Å². The Balaban J connectivity index is 4.38. The van der Waals surface area contributed by atoms with Crippen molar-refractivity contribution in [2.45, 2.75) is 38.3 Å². The van der Waals surface area contributed by atoms with Gasteiger partial charge in [-0.15, -0.1) is 0 Å². The van der Waals surface area contributed by atoms with Crippen molar-refractivity contribution < 1.29 is 29.3 Å². The summed E-state index contributed by atoms with van der Waals surface area (Å²) in [4.78, 5) is 22.5. The zero-order chi connectivity index (χ0) is 13.6. The van der Waals surface area contributed by atoms with Crippen LogP contribution in [-0.2, 0) is 19.1 Å². The molecule has 0 amide bonds. The fourth-order valence-corrected chi connectivity index (χ4v) is 0.973. The number of aliphatic hydroxyl groups excluding tert-OH is 1. The van der Waals surface area contributed by atoms with Crippen molar-refractivity contribution in [1.82, 2.24) is 0 Å². The maximum Gasteiger partial charge on any atom is 0.354 e. The lowest BCUT2D eigenvalue weighted by Crippen LogP contribution is -2.53. The summed E-state index contributed by atoms with van der Waals surface area (Å²) >= 11 is 0. The fourth-order valence-electron chi connectivity index (χ4n) is 0.973. The standard InChI is InChI=1S/C9H18N2O6/c1-3-16-7(13)5(2)17-8(14)9(11,15)4-6(10)12/h5-6,12,15H,3-4,10-11H2,1-2H3. The lowest BCUT2D eigenvalue weighted by atomic mass is 10.1. The Hall–Kier alpha value is -1.22. The average molecular weight is 250 g/mol. The molecule has 0 aromatic carbocycles. The SMILES string of the molecule is CCOC(=O)C(C)OC(=O)C(N)(O)CC(N)O. The van der Waals surface area contributed by atoms with E-state index in [0.717, 1.165) is 0 Å². The number of hydrogen-bond donors (Lipinski definition) is 4. The van der Waals surface area contributed by atoms with Gasteiger partial charge in [0, 0.05) is 6.42 Å². The molecule has 0 aromatic rings. The van der Waals surface area contributed by atoms with Crippen LogP contribution in [0.15, 0.2) is 0 Å². The summed E-state index contributed by atoms with van der Waals surface area (Å²) in [5, 5.41) is 18.2. The second kappa shape index (κ2) is 6.50. The summed E-state index contributed by atoms with van der Waals surface area (Å²) in [6.07, 6.45) is -3.29. The van der Waals surface area contributed by atoms with E-state index < -0.39 is 36.4 Å². The summed E-state index contributed by atoms with van der Waals surface area (Å²) in [6.45, 7) is 3.00. The number of rotatable bonds is 6. The topological polar surface area (TPSA) is 145 Å². The molecule has 0 aromatic heterocycles. The first-order valence-corrected chi connectivity index (χ1v) is 5.03. The number of carbonyl (C=O) groups excluding carboxylic acids is 2. The molecule has 0 rings (SSSR count). The normalized spacial score (nSPS) is 17.8. The molecule has 0 aliphatic heterocycles. The zero-order valence-corrected chi connectivity index (χ0v) is 9.75. The Bertz CT molecular complexity index is 279. The number of aliphatic hydroxyl groups is 2. The maximum absolute atomic E-state index is 11.3. The minimum absolute atomic E-state index is 0.134. The summed E-state index contributed by atoms with van der Waals surface area (Å²) in [5.41, 5.74) is 7.69. The monoisotopic (exact) mass is 250 g/mol. The van der Waals surface area contributed by atoms with Gasteiger partial charge in [0.2, 0.25) is 5.72 Å². The molecule has 0 fully saturated rings. The van der Waals surface area contributed by atoms with Crippen LogP contribution in [0.1, 0.15) is 20.3 Å². The average Bonchev–Trinajstić information content (AvgIpc) is 2.15. The largest absolute Gasteiger partial charge is 0.463 e. The van der Waals surface area contributed by atoms with Crippen LogP contribution in [-0.4, -0.2) is 46.8 Å². The highest BCUT2D eigenvalue weighted by Gasteiger charge is 2.37. The lowest BCUT2D eigenvalue weighted by Gasteiger charge is -2.23. The van der Waals surface area contributed by atoms with Crippen LogP contribution in [0.3, 0.4) is 0 Å². The van der Waals surface area contributed by atoms with Crippen molar-refractivity contribution in [2.75, 3.05) is 6.61 Å². The molecule has 17 heavy (non-hydrogen) atoms. The Morgan fingerprint density at radius 1 is 1.47 bits per heavy atom. The quantitative estimate of drug-likeness (QED) is 0.307. The van der Waals surface area contributed by atoms with Crippen LogP contribution in [0.4, 0.5) is 0 Å². The highest BCUT2D eigenvalue weighted by molar-refractivity contribution is 5.83. The van der Waals surface area contributed by atoms with Crippen LogP contribution in [0.25, 0.3) is 0 Å². The molecule has 0 aliphatic rings. The Labute approximate surface area is 98.5 Å². The molecule has 6 N–H and O–H groups in total. The molecule has 0 bridgehead atoms. The van der Waals surface area contributed by atoms with Crippen LogP contribution in [0.5, 0.6) is 0 Å². The van der Waals surface area contributed by atoms with Crippen LogP contribution in [0.2, 0.25) is 0 Å². The van der Waals surface area contributed by atoms with E-state index in [2.05, 4.69) is 9.47 Å². The molecule has 0 saturated carbocycles. The highest BCUT2D eigenvalue weighted by atomic mass is 16.6. The Morgan fingerprint density at radius 2 is 2.00 bits per heavy atom. The first kappa shape index (κ1) is 15.8. The van der Waals surface area contributed by atoms with Gasteiger partial charge in [-0.1, -0.05) is 0 Å². The van der Waals surface area contributed by atoms with Crippen LogP contribution < -0.4 is 11.5 Å². The molecule has 8 heteroatoms. The molecule has 0 saturated heterocycles. The van der Waals surface area contributed by atoms with Crippen LogP contribution >= 0.6 is 0 Å². The molecular weight excluding hydrogens is 232 g/mol. The molecule has 8 nitrogen and oxygen atoms in total. The summed E-state index contributed by atoms with van der Waals surface area (Å²) in [7, 11) is 0. The number of ether oxygens (including phenoxy) is 2. The molecule has 0 radical (unpaired) electrons. The third-order valence-corrected chi connectivity index (χ3v) is 1.78. The van der Waals surface area contributed by atoms with E-state index in [4.69, 9.17) is 16.6 Å². The first-order chi connectivity index (χ1) is 7.70. The second-order valence-electron chi connectivity index (χ2n) is 3.50. The molecule has 100 valence electrons. The van der Waals surface area contributed by atoms with Gasteiger partial charge in [-0.3, -0.25) is 5.73 Å². The van der Waals surface area contributed by atoms with E-state index in [0.29, 0.717) is 0 Å². The van der Waals surface area contributed by atoms with Crippen molar-refractivity contribution in [3.63, 3.8) is 0 Å². The Kier molecular flexibility index (Phi) is 6.03. The Morgan fingerprint density at radius 3 is 2.41 bits per heavy atom. The van der Waals surface area contributed by atoms with Gasteiger partial charge in [0.25, 0.3) is 0 Å². The molecular formula is C9H18N2O6. The molecule has 0 spiro atoms. The van der Waals surface area contributed by atoms with E-state index in [1.165, 1.54) is 6.92 Å². The molecule has 3 atom stereocenters. The van der Waals surface area contributed by atoms with Gasteiger partial charge in [-0.25, -0.2) is 9.59 Å². The lowest BCUT2D eigenvalue weighted by molar-refractivity contribution is -0.181. The third kappa shape index (κ3) is 5.59. The van der Waals surface area contributed by atoms with E-state index in [1.807, 2.05) is 0 Å². The minimum atomic E-state index is -2.45. The predicted octanol–water partition coefficient (Wildman–Crippen LogP) is -2.20. The van der Waals surface area contributed by atoms with Crippen molar-refractivity contribution in [3.05, 3.63) is 0 Å². The number of esters is 2. The van der Waals surface area contributed by atoms with Gasteiger partial charge in [0.1, 0.15) is 6.23 Å². The van der Waals surface area contributed by atoms with E-state index in [-0.39, 0.29) is 6.61 Å². The summed E-state index contributed by atoms with van der Waals surface area (Å²) in [5.74, 6) is -2.02. The fraction of sp³-hybridized carbons (Fsp3) is 0.778. The van der Waals surface area contributed by atoms with Crippen molar-refractivity contribution in [1.29, 1.82) is 0 Å². The van der Waals surface area contributed by atoms with Crippen molar-refractivity contribution >= 4 is 11.9 Å². The van der Waals surface area contributed by atoms with E-state index in [1.54, 1.807) is 6.92 Å². The maximum atomic E-state index is 11.3. The predicted molar refractivity (Wildman–Crippen MR) is 56.1 cm³/mol. The number of hydrogen-bond acceptors (Lipinski definition) is 8. The van der Waals surface area contributed by atoms with Gasteiger partial charge >= 0.3 is 11.9 Å². The smallest absolute Gasteiger partial charge is 0.354 e. The molecule has 0 heterocycles. The van der Waals surface area contributed by atoms with E-state index >= 15 is 0 Å². The van der Waals surface area contributed by atoms with Crippen molar-refractivity contribution in [3.8, 4) is 0 Å². The van der Waals surface area contributed by atoms with Gasteiger partial charge in [-0.2, -0.15) is 0 Å². The summed E-state index contributed by atoms with van der Waals surface area (Å²) < 4.78 is 9.16. The minimum Gasteiger partial charge on any atom is -0.463 e. The number of carbonyl (C=O) groups is 2. The highest BCUT2D eigenvalue weighted by Crippen LogP contribution is 2.09.